The van der Waals surface area contributed by atoms with Crippen LogP contribution in [-0.4, -0.2) is 52.9 Å². The minimum Gasteiger partial charge on any atom is -0.465 e. The Balaban J connectivity index is 1.30. The molecule has 2 aromatic heterocycles. The summed E-state index contributed by atoms with van der Waals surface area (Å²) in [6.45, 7) is 2.33. The average Bonchev–Trinajstić information content (AvgIpc) is 3.66. The van der Waals surface area contributed by atoms with Gasteiger partial charge in [0, 0.05) is 12.6 Å². The van der Waals surface area contributed by atoms with E-state index in [1.165, 1.54) is 23.9 Å². The Kier molecular flexibility index (Phi) is 6.94. The minimum absolute atomic E-state index is 0.163. The molecular weight excluding hydrogens is 454 g/mol. The van der Waals surface area contributed by atoms with Gasteiger partial charge >= 0.3 is 0 Å². The number of rotatable bonds is 8. The van der Waals surface area contributed by atoms with Gasteiger partial charge in [0.1, 0.15) is 18.6 Å². The number of carbonyl (C=O) groups is 1. The van der Waals surface area contributed by atoms with E-state index in [2.05, 4.69) is 21.4 Å². The van der Waals surface area contributed by atoms with E-state index in [0.29, 0.717) is 18.1 Å². The summed E-state index contributed by atoms with van der Waals surface area (Å²) < 4.78 is 16.9. The Morgan fingerprint density at radius 2 is 2.18 bits per heavy atom. The molecule has 2 N–H and O–H groups in total. The van der Waals surface area contributed by atoms with E-state index >= 15 is 0 Å². The van der Waals surface area contributed by atoms with Gasteiger partial charge in [0.25, 0.3) is 5.91 Å². The van der Waals surface area contributed by atoms with Crippen LogP contribution in [-0.2, 0) is 9.47 Å². The molecule has 1 fully saturated rings. The van der Waals surface area contributed by atoms with Crippen LogP contribution in [0.4, 0.5) is 0 Å². The summed E-state index contributed by atoms with van der Waals surface area (Å²) in [5.74, 6) is 0.956. The van der Waals surface area contributed by atoms with E-state index in [1.807, 2.05) is 29.7 Å². The molecule has 0 bridgehead atoms. The van der Waals surface area contributed by atoms with Crippen molar-refractivity contribution in [3.05, 3.63) is 77.1 Å². The fourth-order valence-electron chi connectivity index (χ4n) is 4.24. The van der Waals surface area contributed by atoms with Crippen LogP contribution in [0.3, 0.4) is 0 Å². The zero-order chi connectivity index (χ0) is 23.3. The molecule has 9 heteroatoms. The molecule has 0 unspecified atom stereocenters. The first-order valence-electron chi connectivity index (χ1n) is 11.5. The Morgan fingerprint density at radius 1 is 1.29 bits per heavy atom. The van der Waals surface area contributed by atoms with Gasteiger partial charge in [-0.15, -0.1) is 11.3 Å². The Labute approximate surface area is 201 Å². The van der Waals surface area contributed by atoms with Crippen molar-refractivity contribution in [1.82, 2.24) is 15.4 Å². The molecule has 1 saturated heterocycles. The van der Waals surface area contributed by atoms with Gasteiger partial charge in [0.05, 0.1) is 10.9 Å². The second-order valence-electron chi connectivity index (χ2n) is 8.49. The van der Waals surface area contributed by atoms with Crippen molar-refractivity contribution >= 4 is 17.2 Å². The molecule has 0 radical (unpaired) electrons. The molecule has 2 atom stereocenters. The summed E-state index contributed by atoms with van der Waals surface area (Å²) in [5.41, 5.74) is 1.17. The zero-order valence-electron chi connectivity index (χ0n) is 18.7. The first kappa shape index (κ1) is 22.6. The molecule has 2 aliphatic heterocycles. The lowest BCUT2D eigenvalue weighted by molar-refractivity contribution is 0.0626. The zero-order valence-corrected chi connectivity index (χ0v) is 19.5. The predicted molar refractivity (Wildman–Crippen MR) is 128 cm³/mol. The summed E-state index contributed by atoms with van der Waals surface area (Å²) >= 11 is 1.51. The molecule has 8 nitrogen and oxygen atoms in total. The van der Waals surface area contributed by atoms with Crippen LogP contribution >= 0.6 is 11.3 Å². The van der Waals surface area contributed by atoms with Crippen LogP contribution in [0.5, 0.6) is 0 Å². The molecule has 2 aromatic rings. The van der Waals surface area contributed by atoms with E-state index in [9.17, 15) is 9.90 Å². The number of aliphatic hydroxyl groups excluding tert-OH is 1. The predicted octanol–water partition coefficient (Wildman–Crippen LogP) is 3.96. The van der Waals surface area contributed by atoms with Gasteiger partial charge in [-0.2, -0.15) is 0 Å². The molecule has 0 spiro atoms. The number of ether oxygens (including phenoxy) is 2. The number of amides is 1. The van der Waals surface area contributed by atoms with Crippen LogP contribution in [0, 0.1) is 0 Å². The van der Waals surface area contributed by atoms with Crippen molar-refractivity contribution in [2.75, 3.05) is 19.6 Å². The van der Waals surface area contributed by atoms with Gasteiger partial charge in [-0.1, -0.05) is 29.5 Å². The molecule has 1 aliphatic carbocycles. The van der Waals surface area contributed by atoms with Crippen molar-refractivity contribution < 1.29 is 23.9 Å². The molecule has 178 valence electrons. The van der Waals surface area contributed by atoms with Crippen LogP contribution in [0.2, 0.25) is 0 Å². The highest BCUT2D eigenvalue weighted by Crippen LogP contribution is 2.29. The molecule has 0 saturated carbocycles. The second kappa shape index (κ2) is 10.4. The Bertz CT molecular complexity index is 1130. The summed E-state index contributed by atoms with van der Waals surface area (Å²) in [7, 11) is 0. The minimum atomic E-state index is -1.10. The lowest BCUT2D eigenvalue weighted by atomic mass is 10.0. The van der Waals surface area contributed by atoms with Crippen molar-refractivity contribution in [2.24, 2.45) is 0 Å². The quantitative estimate of drug-likeness (QED) is 0.589. The Hall–Kier alpha value is -3.14. The van der Waals surface area contributed by atoms with Gasteiger partial charge in [-0.25, -0.2) is 0 Å². The molecule has 4 heterocycles. The van der Waals surface area contributed by atoms with E-state index in [1.54, 1.807) is 6.07 Å². The third kappa shape index (κ3) is 5.16. The van der Waals surface area contributed by atoms with Crippen molar-refractivity contribution in [3.8, 4) is 10.6 Å². The van der Waals surface area contributed by atoms with Crippen LogP contribution in [0.1, 0.15) is 36.2 Å². The summed E-state index contributed by atoms with van der Waals surface area (Å²) in [5, 5.41) is 20.0. The maximum Gasteiger partial charge on any atom is 0.273 e. The van der Waals surface area contributed by atoms with Crippen LogP contribution in [0.15, 0.2) is 75.9 Å². The number of nitrogens with one attached hydrogen (secondary N) is 1. The average molecular weight is 482 g/mol. The topological polar surface area (TPSA) is 97.1 Å². The maximum absolute atomic E-state index is 13.0. The molecule has 0 aromatic carbocycles. The normalized spacial score (nSPS) is 20.0. The van der Waals surface area contributed by atoms with Gasteiger partial charge < -0.3 is 29.3 Å². The van der Waals surface area contributed by atoms with Crippen molar-refractivity contribution in [1.29, 1.82) is 0 Å². The lowest BCUT2D eigenvalue weighted by Gasteiger charge is -2.30. The summed E-state index contributed by atoms with van der Waals surface area (Å²) in [4.78, 5) is 16.1. The number of carbonyl (C=O) groups excluding carboxylic acids is 1. The largest absolute Gasteiger partial charge is 0.465 e. The molecule has 3 aliphatic rings. The fraction of sp³-hybridized carbons (Fsp3) is 0.360. The SMILES string of the molecule is O=C(N[C@H](CN1CCCC1)[C@@H](O)C1=COC=C(C2=CC=CCC2)O1)c1cc(-c2cccs2)on1. The van der Waals surface area contributed by atoms with Gasteiger partial charge in [-0.05, 0) is 55.8 Å². The summed E-state index contributed by atoms with van der Waals surface area (Å²) in [6, 6.07) is 4.81. The number of aliphatic hydroxyl groups is 1. The number of aromatic nitrogens is 1. The number of allylic oxidation sites excluding steroid dienone is 4. The third-order valence-corrected chi connectivity index (χ3v) is 6.95. The van der Waals surface area contributed by atoms with Crippen LogP contribution < -0.4 is 5.32 Å². The highest BCUT2D eigenvalue weighted by Gasteiger charge is 2.32. The number of nitrogens with zero attached hydrogens (tertiary/aromatic N) is 2. The maximum atomic E-state index is 13.0. The number of hydrogen-bond donors (Lipinski definition) is 2. The van der Waals surface area contributed by atoms with Crippen molar-refractivity contribution in [2.45, 2.75) is 37.8 Å². The molecule has 1 amide bonds. The first-order valence-corrected chi connectivity index (χ1v) is 12.4. The monoisotopic (exact) mass is 481 g/mol. The molecule has 34 heavy (non-hydrogen) atoms. The van der Waals surface area contributed by atoms with E-state index < -0.39 is 18.1 Å². The van der Waals surface area contributed by atoms with Gasteiger partial charge in [-0.3, -0.25) is 4.79 Å². The van der Waals surface area contributed by atoms with E-state index in [4.69, 9.17) is 14.0 Å². The van der Waals surface area contributed by atoms with Crippen LogP contribution in [0.25, 0.3) is 10.6 Å². The second-order valence-corrected chi connectivity index (χ2v) is 9.43. The number of hydrogen-bond acceptors (Lipinski definition) is 8. The third-order valence-electron chi connectivity index (χ3n) is 6.07. The highest BCUT2D eigenvalue weighted by molar-refractivity contribution is 7.13. The Morgan fingerprint density at radius 3 is 2.94 bits per heavy atom. The van der Waals surface area contributed by atoms with Gasteiger partial charge in [0.15, 0.2) is 23.0 Å². The first-order chi connectivity index (χ1) is 16.7. The number of likely N-dealkylation sites (tertiary alicyclic amines) is 1. The fourth-order valence-corrected chi connectivity index (χ4v) is 4.92. The lowest BCUT2D eigenvalue weighted by Crippen LogP contribution is -2.51. The van der Waals surface area contributed by atoms with E-state index in [0.717, 1.165) is 49.2 Å². The summed E-state index contributed by atoms with van der Waals surface area (Å²) in [6.07, 6.45) is 11.8. The van der Waals surface area contributed by atoms with Crippen molar-refractivity contribution in [3.63, 3.8) is 0 Å². The van der Waals surface area contributed by atoms with E-state index in [-0.39, 0.29) is 11.5 Å². The van der Waals surface area contributed by atoms with Gasteiger partial charge in [0.2, 0.25) is 0 Å². The number of thiophene rings is 1. The highest BCUT2D eigenvalue weighted by atomic mass is 32.1. The standard InChI is InChI=1S/C25H27N3O5S/c29-24(22-16-31-15-21(32-22)17-7-2-1-3-8-17)19(14-28-10-4-5-11-28)26-25(30)18-13-20(33-27-18)23-9-6-12-34-23/h1-2,6-7,9,12-13,15-16,19,24,29H,3-5,8,10-11,14H2,(H,26,30)/t19-,24-/m1/s1. The molecular formula is C25H27N3O5S. The molecule has 5 rings (SSSR count). The smallest absolute Gasteiger partial charge is 0.273 e.